The van der Waals surface area contributed by atoms with Gasteiger partial charge in [-0.05, 0) is 36.4 Å². The summed E-state index contributed by atoms with van der Waals surface area (Å²) in [4.78, 5) is 22.7. The molecule has 0 unspecified atom stereocenters. The smallest absolute Gasteiger partial charge is 0.339 e. The number of benzene rings is 2. The zero-order valence-electron chi connectivity index (χ0n) is 11.3. The van der Waals surface area contributed by atoms with E-state index in [1.54, 1.807) is 24.3 Å². The summed E-state index contributed by atoms with van der Waals surface area (Å²) < 4.78 is 0.889. The van der Waals surface area contributed by atoms with Gasteiger partial charge >= 0.3 is 5.97 Å². The number of carbonyl (C=O) groups excluding carboxylic acids is 1. The van der Waals surface area contributed by atoms with Crippen molar-refractivity contribution in [2.75, 3.05) is 5.32 Å². The first-order chi connectivity index (χ1) is 10.5. The minimum atomic E-state index is -1.20. The van der Waals surface area contributed by atoms with Crippen LogP contribution in [0.5, 0.6) is 5.75 Å². The van der Waals surface area contributed by atoms with Gasteiger partial charge in [0.1, 0.15) is 11.3 Å². The minimum absolute atomic E-state index is 0.175. The van der Waals surface area contributed by atoms with E-state index in [0.29, 0.717) is 11.3 Å². The van der Waals surface area contributed by atoms with E-state index in [2.05, 4.69) is 21.2 Å². The zero-order chi connectivity index (χ0) is 16.1. The van der Waals surface area contributed by atoms with Crippen molar-refractivity contribution in [2.24, 2.45) is 0 Å². The van der Waals surface area contributed by atoms with E-state index < -0.39 is 5.97 Å². The van der Waals surface area contributed by atoms with Gasteiger partial charge in [-0.25, -0.2) is 4.79 Å². The van der Waals surface area contributed by atoms with Crippen molar-refractivity contribution in [1.29, 1.82) is 0 Å². The maximum atomic E-state index is 11.9. The van der Waals surface area contributed by atoms with Crippen LogP contribution in [0.25, 0.3) is 0 Å². The summed E-state index contributed by atoms with van der Waals surface area (Å²) in [5, 5.41) is 21.2. The molecular weight excluding hydrogens is 350 g/mol. The zero-order valence-corrected chi connectivity index (χ0v) is 12.9. The fourth-order valence-corrected chi connectivity index (χ4v) is 1.99. The molecule has 0 atom stereocenters. The Kier molecular flexibility index (Phi) is 4.95. The third-order valence-corrected chi connectivity index (χ3v) is 3.37. The highest BCUT2D eigenvalue weighted by Gasteiger charge is 2.09. The van der Waals surface area contributed by atoms with Crippen molar-refractivity contribution in [3.05, 3.63) is 70.3 Å². The molecule has 112 valence electrons. The minimum Gasteiger partial charge on any atom is -0.507 e. The third-order valence-electron chi connectivity index (χ3n) is 2.84. The van der Waals surface area contributed by atoms with Gasteiger partial charge in [-0.1, -0.05) is 15.9 Å². The second-order valence-electron chi connectivity index (χ2n) is 4.39. The van der Waals surface area contributed by atoms with Crippen LogP contribution < -0.4 is 5.32 Å². The van der Waals surface area contributed by atoms with Gasteiger partial charge in [-0.3, -0.25) is 4.79 Å². The van der Waals surface area contributed by atoms with Crippen molar-refractivity contribution in [1.82, 2.24) is 0 Å². The lowest BCUT2D eigenvalue weighted by Crippen LogP contribution is -1.98. The van der Waals surface area contributed by atoms with Gasteiger partial charge in [0.25, 0.3) is 0 Å². The molecule has 0 aromatic heterocycles. The van der Waals surface area contributed by atoms with Crippen LogP contribution in [0.4, 0.5) is 5.69 Å². The van der Waals surface area contributed by atoms with Gasteiger partial charge in [0.2, 0.25) is 0 Å². The van der Waals surface area contributed by atoms with Crippen LogP contribution in [-0.4, -0.2) is 22.0 Å². The topological polar surface area (TPSA) is 86.6 Å². The van der Waals surface area contributed by atoms with Gasteiger partial charge in [-0.2, -0.15) is 0 Å². The number of aromatic carboxylic acids is 1. The first-order valence-electron chi connectivity index (χ1n) is 6.26. The number of hydrogen-bond donors (Lipinski definition) is 3. The summed E-state index contributed by atoms with van der Waals surface area (Å²) in [5.74, 6) is -1.72. The van der Waals surface area contributed by atoms with Gasteiger partial charge in [0.05, 0.1) is 0 Å². The van der Waals surface area contributed by atoms with Crippen LogP contribution in [0, 0.1) is 0 Å². The molecule has 0 saturated heterocycles. The van der Waals surface area contributed by atoms with Gasteiger partial charge in [0, 0.05) is 34.1 Å². The molecule has 6 heteroatoms. The average Bonchev–Trinajstić information content (AvgIpc) is 2.47. The predicted octanol–water partition coefficient (Wildman–Crippen LogP) is 3.66. The summed E-state index contributed by atoms with van der Waals surface area (Å²) in [6, 6.07) is 11.0. The van der Waals surface area contributed by atoms with Gasteiger partial charge in [-0.15, -0.1) is 0 Å². The number of hydrogen-bond acceptors (Lipinski definition) is 4. The predicted molar refractivity (Wildman–Crippen MR) is 86.3 cm³/mol. The quantitative estimate of drug-likeness (QED) is 0.558. The van der Waals surface area contributed by atoms with Crippen molar-refractivity contribution in [3.63, 3.8) is 0 Å². The Morgan fingerprint density at radius 3 is 2.36 bits per heavy atom. The Bertz CT molecular complexity index is 738. The molecular formula is C16H12BrNO4. The molecule has 2 aromatic rings. The molecule has 0 aliphatic heterocycles. The number of carboxylic acids is 1. The van der Waals surface area contributed by atoms with Crippen molar-refractivity contribution in [2.45, 2.75) is 0 Å². The molecule has 22 heavy (non-hydrogen) atoms. The van der Waals surface area contributed by atoms with E-state index in [-0.39, 0.29) is 17.1 Å². The second-order valence-corrected chi connectivity index (χ2v) is 5.30. The van der Waals surface area contributed by atoms with Crippen molar-refractivity contribution in [3.8, 4) is 5.75 Å². The molecule has 0 amide bonds. The highest BCUT2D eigenvalue weighted by molar-refractivity contribution is 9.10. The van der Waals surface area contributed by atoms with E-state index in [9.17, 15) is 14.7 Å². The number of nitrogens with one attached hydrogen (secondary N) is 1. The summed E-state index contributed by atoms with van der Waals surface area (Å²) in [6.07, 6.45) is 2.78. The van der Waals surface area contributed by atoms with E-state index in [1.807, 2.05) is 0 Å². The Morgan fingerprint density at radius 2 is 1.77 bits per heavy atom. The fraction of sp³-hybridized carbons (Fsp3) is 0. The van der Waals surface area contributed by atoms with Crippen LogP contribution in [0.15, 0.2) is 59.2 Å². The second kappa shape index (κ2) is 6.91. The van der Waals surface area contributed by atoms with Gasteiger partial charge < -0.3 is 15.5 Å². The number of ketones is 1. The summed E-state index contributed by atoms with van der Waals surface area (Å²) >= 11 is 3.29. The van der Waals surface area contributed by atoms with Crippen LogP contribution in [0.3, 0.4) is 0 Å². The van der Waals surface area contributed by atoms with E-state index in [0.717, 1.165) is 4.47 Å². The molecule has 0 bridgehead atoms. The molecule has 0 saturated carbocycles. The Hall–Kier alpha value is -2.60. The highest BCUT2D eigenvalue weighted by Crippen LogP contribution is 2.21. The molecule has 2 rings (SSSR count). The number of phenols is 1. The van der Waals surface area contributed by atoms with E-state index in [1.165, 1.54) is 30.5 Å². The first kappa shape index (κ1) is 15.8. The van der Waals surface area contributed by atoms with Crippen LogP contribution in [0.2, 0.25) is 0 Å². The molecule has 0 spiro atoms. The average molecular weight is 362 g/mol. The number of carbonyl (C=O) groups is 2. The number of carboxylic acid groups (broad SMARTS) is 1. The van der Waals surface area contributed by atoms with Crippen LogP contribution >= 0.6 is 15.9 Å². The maximum absolute atomic E-state index is 11.9. The molecule has 0 heterocycles. The molecule has 0 fully saturated rings. The number of aromatic hydroxyl groups is 1. The summed E-state index contributed by atoms with van der Waals surface area (Å²) in [7, 11) is 0. The number of rotatable bonds is 5. The first-order valence-corrected chi connectivity index (χ1v) is 7.06. The Labute approximate surface area is 135 Å². The lowest BCUT2D eigenvalue weighted by molar-refractivity contribution is 0.0693. The number of allylic oxidation sites excluding steroid dienone is 1. The summed E-state index contributed by atoms with van der Waals surface area (Å²) in [6.45, 7) is 0. The standard InChI is InChI=1S/C16H12BrNO4/c17-11-3-1-10(2-4-11)14(19)7-8-18-12-5-6-13(16(21)22)15(20)9-12/h1-9,18,20H,(H,21,22)/b8-7+. The van der Waals surface area contributed by atoms with Crippen molar-refractivity contribution >= 4 is 33.4 Å². The van der Waals surface area contributed by atoms with E-state index >= 15 is 0 Å². The molecule has 0 radical (unpaired) electrons. The maximum Gasteiger partial charge on any atom is 0.339 e. The SMILES string of the molecule is O=C(/C=C/Nc1ccc(C(=O)O)c(O)c1)c1ccc(Br)cc1. The lowest BCUT2D eigenvalue weighted by Gasteiger charge is -2.04. The third kappa shape index (κ3) is 3.95. The summed E-state index contributed by atoms with van der Waals surface area (Å²) in [5.41, 5.74) is 0.841. The molecule has 5 nitrogen and oxygen atoms in total. The molecule has 0 aliphatic rings. The van der Waals surface area contributed by atoms with Gasteiger partial charge in [0.15, 0.2) is 5.78 Å². The van der Waals surface area contributed by atoms with E-state index in [4.69, 9.17) is 5.11 Å². The Morgan fingerprint density at radius 1 is 1.09 bits per heavy atom. The lowest BCUT2D eigenvalue weighted by atomic mass is 10.1. The number of anilines is 1. The number of halogens is 1. The molecule has 0 aliphatic carbocycles. The molecule has 3 N–H and O–H groups in total. The normalized spacial score (nSPS) is 10.6. The largest absolute Gasteiger partial charge is 0.507 e. The monoisotopic (exact) mass is 361 g/mol. The van der Waals surface area contributed by atoms with Crippen LogP contribution in [0.1, 0.15) is 20.7 Å². The Balaban J connectivity index is 2.03. The fourth-order valence-electron chi connectivity index (χ4n) is 1.73. The highest BCUT2D eigenvalue weighted by atomic mass is 79.9. The van der Waals surface area contributed by atoms with Crippen LogP contribution in [-0.2, 0) is 0 Å². The van der Waals surface area contributed by atoms with Crippen molar-refractivity contribution < 1.29 is 19.8 Å². The molecule has 2 aromatic carbocycles.